The SMILES string of the molecule is CC(C)CCCC(C#N)CS(=O)(=O)CC(C#N)CCCC(C)C. The first-order valence-electron chi connectivity index (χ1n) is 8.69. The van der Waals surface area contributed by atoms with E-state index in [0.29, 0.717) is 24.7 Å². The van der Waals surface area contributed by atoms with Gasteiger partial charge in [-0.05, 0) is 24.7 Å². The van der Waals surface area contributed by atoms with Crippen LogP contribution in [0.3, 0.4) is 0 Å². The van der Waals surface area contributed by atoms with Crippen molar-refractivity contribution in [3.05, 3.63) is 0 Å². The van der Waals surface area contributed by atoms with E-state index in [1.807, 2.05) is 0 Å². The summed E-state index contributed by atoms with van der Waals surface area (Å²) < 4.78 is 24.5. The van der Waals surface area contributed by atoms with Gasteiger partial charge in [-0.2, -0.15) is 10.5 Å². The summed E-state index contributed by atoms with van der Waals surface area (Å²) in [6.45, 7) is 8.47. The molecule has 2 unspecified atom stereocenters. The number of hydrogen-bond acceptors (Lipinski definition) is 4. The molecule has 0 aromatic rings. The summed E-state index contributed by atoms with van der Waals surface area (Å²) in [6.07, 6.45) is 5.02. The van der Waals surface area contributed by atoms with Crippen LogP contribution in [0.25, 0.3) is 0 Å². The predicted molar refractivity (Wildman–Crippen MR) is 94.2 cm³/mol. The molecule has 0 aromatic heterocycles. The highest BCUT2D eigenvalue weighted by atomic mass is 32.2. The molecular weight excluding hydrogens is 308 g/mol. The maximum Gasteiger partial charge on any atom is 0.152 e. The number of sulfone groups is 1. The minimum absolute atomic E-state index is 0.107. The number of hydrogen-bond donors (Lipinski definition) is 0. The lowest BCUT2D eigenvalue weighted by molar-refractivity contribution is 0.493. The summed E-state index contributed by atoms with van der Waals surface area (Å²) in [5.41, 5.74) is 0. The van der Waals surface area contributed by atoms with E-state index in [4.69, 9.17) is 10.5 Å². The van der Waals surface area contributed by atoms with Crippen LogP contribution >= 0.6 is 0 Å². The van der Waals surface area contributed by atoms with E-state index < -0.39 is 21.7 Å². The van der Waals surface area contributed by atoms with Crippen LogP contribution in [0.4, 0.5) is 0 Å². The fourth-order valence-electron chi connectivity index (χ4n) is 2.60. The second kappa shape index (κ2) is 11.5. The summed E-state index contributed by atoms with van der Waals surface area (Å²) in [5.74, 6) is 0.0146. The summed E-state index contributed by atoms with van der Waals surface area (Å²) in [4.78, 5) is 0. The highest BCUT2D eigenvalue weighted by Crippen LogP contribution is 2.18. The average molecular weight is 341 g/mol. The summed E-state index contributed by atoms with van der Waals surface area (Å²) in [5, 5.41) is 18.3. The lowest BCUT2D eigenvalue weighted by Crippen LogP contribution is -2.22. The van der Waals surface area contributed by atoms with E-state index in [0.717, 1.165) is 25.7 Å². The van der Waals surface area contributed by atoms with Gasteiger partial charge in [-0.15, -0.1) is 0 Å². The van der Waals surface area contributed by atoms with Crippen molar-refractivity contribution in [1.82, 2.24) is 0 Å². The van der Waals surface area contributed by atoms with Crippen molar-refractivity contribution in [3.8, 4) is 12.1 Å². The first-order valence-corrected chi connectivity index (χ1v) is 10.5. The molecule has 0 amide bonds. The van der Waals surface area contributed by atoms with Gasteiger partial charge in [-0.1, -0.05) is 53.4 Å². The Morgan fingerprint density at radius 2 is 1.09 bits per heavy atom. The molecule has 0 spiro atoms. The standard InChI is InChI=1S/C18H32N2O2S/c1-15(2)7-5-9-17(11-19)13-23(21,22)14-18(12-20)10-6-8-16(3)4/h15-18H,5-10,13-14H2,1-4H3. The van der Waals surface area contributed by atoms with E-state index in [2.05, 4.69) is 39.8 Å². The second-order valence-corrected chi connectivity index (χ2v) is 9.53. The summed E-state index contributed by atoms with van der Waals surface area (Å²) >= 11 is 0. The fraction of sp³-hybridized carbons (Fsp3) is 0.889. The third-order valence-corrected chi connectivity index (χ3v) is 5.76. The zero-order valence-electron chi connectivity index (χ0n) is 15.1. The smallest absolute Gasteiger partial charge is 0.152 e. The van der Waals surface area contributed by atoms with Gasteiger partial charge < -0.3 is 0 Å². The molecule has 0 fully saturated rings. The van der Waals surface area contributed by atoms with Gasteiger partial charge in [0, 0.05) is 0 Å². The summed E-state index contributed by atoms with van der Waals surface area (Å²) in [6, 6.07) is 4.24. The van der Waals surface area contributed by atoms with Gasteiger partial charge in [-0.25, -0.2) is 8.42 Å². The van der Waals surface area contributed by atoms with E-state index >= 15 is 0 Å². The third-order valence-electron chi connectivity index (χ3n) is 3.94. The Hall–Kier alpha value is -1.07. The van der Waals surface area contributed by atoms with E-state index in [-0.39, 0.29) is 11.5 Å². The number of rotatable bonds is 12. The minimum Gasteiger partial charge on any atom is -0.229 e. The first kappa shape index (κ1) is 21.9. The molecular formula is C18H32N2O2S. The van der Waals surface area contributed by atoms with Crippen LogP contribution in [0.5, 0.6) is 0 Å². The first-order chi connectivity index (χ1) is 10.7. The number of nitrogens with zero attached hydrogens (tertiary/aromatic N) is 2. The zero-order valence-corrected chi connectivity index (χ0v) is 15.9. The molecule has 2 atom stereocenters. The van der Waals surface area contributed by atoms with Crippen LogP contribution in [0.1, 0.15) is 66.2 Å². The van der Waals surface area contributed by atoms with Gasteiger partial charge in [0.1, 0.15) is 0 Å². The van der Waals surface area contributed by atoms with Gasteiger partial charge >= 0.3 is 0 Å². The topological polar surface area (TPSA) is 81.7 Å². The Morgan fingerprint density at radius 3 is 1.35 bits per heavy atom. The Morgan fingerprint density at radius 1 is 0.739 bits per heavy atom. The molecule has 0 aliphatic heterocycles. The van der Waals surface area contributed by atoms with Crippen molar-refractivity contribution in [3.63, 3.8) is 0 Å². The highest BCUT2D eigenvalue weighted by Gasteiger charge is 2.23. The second-order valence-electron chi connectivity index (χ2n) is 7.38. The van der Waals surface area contributed by atoms with Crippen molar-refractivity contribution in [1.29, 1.82) is 10.5 Å². The Bertz CT molecular complexity index is 458. The quantitative estimate of drug-likeness (QED) is 0.529. The van der Waals surface area contributed by atoms with Crippen molar-refractivity contribution < 1.29 is 8.42 Å². The van der Waals surface area contributed by atoms with Gasteiger partial charge in [0.25, 0.3) is 0 Å². The average Bonchev–Trinajstić information content (AvgIpc) is 2.44. The van der Waals surface area contributed by atoms with Crippen LogP contribution in [0, 0.1) is 46.3 Å². The van der Waals surface area contributed by atoms with E-state index in [1.54, 1.807) is 0 Å². The maximum absolute atomic E-state index is 12.3. The Balaban J connectivity index is 4.42. The Kier molecular flexibility index (Phi) is 10.9. The third kappa shape index (κ3) is 12.1. The molecule has 23 heavy (non-hydrogen) atoms. The highest BCUT2D eigenvalue weighted by molar-refractivity contribution is 7.91. The van der Waals surface area contributed by atoms with Crippen LogP contribution in [-0.4, -0.2) is 19.9 Å². The maximum atomic E-state index is 12.3. The van der Waals surface area contributed by atoms with Crippen molar-refractivity contribution in [2.75, 3.05) is 11.5 Å². The normalized spacial score (nSPS) is 14.4. The van der Waals surface area contributed by atoms with Crippen LogP contribution in [-0.2, 0) is 9.84 Å². The van der Waals surface area contributed by atoms with Gasteiger partial charge in [0.05, 0.1) is 35.5 Å². The fourth-order valence-corrected chi connectivity index (χ4v) is 4.44. The predicted octanol–water partition coefficient (Wildman–Crippen LogP) is 4.33. The number of nitriles is 2. The molecule has 0 heterocycles. The Labute approximate surface area is 142 Å². The minimum atomic E-state index is -3.35. The van der Waals surface area contributed by atoms with Crippen molar-refractivity contribution in [2.24, 2.45) is 23.7 Å². The molecule has 0 aromatic carbocycles. The molecule has 0 aliphatic rings. The molecule has 132 valence electrons. The van der Waals surface area contributed by atoms with E-state index in [1.165, 1.54) is 0 Å². The zero-order chi connectivity index (χ0) is 17.9. The molecule has 5 heteroatoms. The van der Waals surface area contributed by atoms with Crippen molar-refractivity contribution in [2.45, 2.75) is 66.2 Å². The van der Waals surface area contributed by atoms with Crippen LogP contribution in [0.2, 0.25) is 0 Å². The van der Waals surface area contributed by atoms with Gasteiger partial charge in [0.2, 0.25) is 0 Å². The molecule has 0 saturated carbocycles. The monoisotopic (exact) mass is 340 g/mol. The summed E-state index contributed by atoms with van der Waals surface area (Å²) in [7, 11) is -3.35. The van der Waals surface area contributed by atoms with Gasteiger partial charge in [0.15, 0.2) is 9.84 Å². The lowest BCUT2D eigenvalue weighted by Gasteiger charge is -2.14. The molecule has 4 nitrogen and oxygen atoms in total. The molecule has 0 saturated heterocycles. The van der Waals surface area contributed by atoms with E-state index in [9.17, 15) is 8.42 Å². The van der Waals surface area contributed by atoms with Gasteiger partial charge in [-0.3, -0.25) is 0 Å². The van der Waals surface area contributed by atoms with Crippen LogP contribution in [0.15, 0.2) is 0 Å². The molecule has 0 radical (unpaired) electrons. The molecule has 0 rings (SSSR count). The molecule has 0 bridgehead atoms. The van der Waals surface area contributed by atoms with Crippen molar-refractivity contribution >= 4 is 9.84 Å². The molecule has 0 aliphatic carbocycles. The van der Waals surface area contributed by atoms with Crippen LogP contribution < -0.4 is 0 Å². The largest absolute Gasteiger partial charge is 0.229 e. The molecule has 0 N–H and O–H groups in total. The lowest BCUT2D eigenvalue weighted by atomic mass is 10.0.